The highest BCUT2D eigenvalue weighted by Crippen LogP contribution is 2.18. The van der Waals surface area contributed by atoms with Crippen molar-refractivity contribution in [1.82, 2.24) is 20.8 Å². The van der Waals surface area contributed by atoms with Crippen LogP contribution in [0.25, 0.3) is 11.4 Å². The van der Waals surface area contributed by atoms with Gasteiger partial charge in [0.1, 0.15) is 0 Å². The summed E-state index contributed by atoms with van der Waals surface area (Å²) in [4.78, 5) is 8.61. The molecule has 2 rings (SSSR count). The van der Waals surface area contributed by atoms with Crippen LogP contribution in [0.2, 0.25) is 5.02 Å². The van der Waals surface area contributed by atoms with E-state index in [0.29, 0.717) is 29.7 Å². The van der Waals surface area contributed by atoms with Gasteiger partial charge in [0.25, 0.3) is 0 Å². The summed E-state index contributed by atoms with van der Waals surface area (Å²) in [5, 5.41) is 11.2. The Labute approximate surface area is 165 Å². The van der Waals surface area contributed by atoms with E-state index in [4.69, 9.17) is 20.9 Å². The Morgan fingerprint density at radius 1 is 1.15 bits per heavy atom. The fraction of sp³-hybridized carbons (Fsp3) is 0.526. The predicted molar refractivity (Wildman–Crippen MR) is 108 cm³/mol. The minimum absolute atomic E-state index is 0.562. The molecule has 0 spiro atoms. The highest BCUT2D eigenvalue weighted by Gasteiger charge is 2.08. The molecule has 1 aromatic carbocycles. The fourth-order valence-electron chi connectivity index (χ4n) is 2.31. The highest BCUT2D eigenvalue weighted by atomic mass is 35.5. The topological polar surface area (TPSA) is 84.6 Å². The van der Waals surface area contributed by atoms with Crippen LogP contribution in [0.5, 0.6) is 0 Å². The summed E-state index contributed by atoms with van der Waals surface area (Å²) in [6, 6.07) is 7.35. The van der Waals surface area contributed by atoms with Crippen molar-refractivity contribution in [1.29, 1.82) is 0 Å². The van der Waals surface area contributed by atoms with E-state index in [9.17, 15) is 0 Å². The van der Waals surface area contributed by atoms with E-state index in [1.165, 1.54) is 0 Å². The van der Waals surface area contributed by atoms with Crippen LogP contribution in [0, 0.1) is 0 Å². The van der Waals surface area contributed by atoms with Gasteiger partial charge in [-0.15, -0.1) is 0 Å². The first-order chi connectivity index (χ1) is 13.2. The lowest BCUT2D eigenvalue weighted by atomic mass is 10.2. The van der Waals surface area contributed by atoms with E-state index < -0.39 is 0 Å². The lowest BCUT2D eigenvalue weighted by Gasteiger charge is -2.11. The molecule has 0 saturated heterocycles. The summed E-state index contributed by atoms with van der Waals surface area (Å²) in [7, 11) is 1.75. The summed E-state index contributed by atoms with van der Waals surface area (Å²) in [5.41, 5.74) is 0.876. The molecule has 8 heteroatoms. The van der Waals surface area contributed by atoms with Crippen molar-refractivity contribution in [3.05, 3.63) is 35.2 Å². The molecule has 1 heterocycles. The van der Waals surface area contributed by atoms with E-state index in [0.717, 1.165) is 50.5 Å². The molecule has 0 radical (unpaired) electrons. The van der Waals surface area contributed by atoms with Crippen molar-refractivity contribution in [2.75, 3.05) is 33.4 Å². The number of rotatable bonds is 11. The molecule has 0 bridgehead atoms. The number of halogens is 1. The molecule has 0 fully saturated rings. The van der Waals surface area contributed by atoms with Crippen molar-refractivity contribution in [2.24, 2.45) is 4.99 Å². The maximum Gasteiger partial charge on any atom is 0.228 e. The van der Waals surface area contributed by atoms with E-state index in [2.05, 4.69) is 32.7 Å². The first-order valence-electron chi connectivity index (χ1n) is 9.33. The van der Waals surface area contributed by atoms with Crippen molar-refractivity contribution < 1.29 is 9.26 Å². The lowest BCUT2D eigenvalue weighted by Crippen LogP contribution is -2.39. The lowest BCUT2D eigenvalue weighted by molar-refractivity contribution is 0.129. The molecule has 148 valence electrons. The van der Waals surface area contributed by atoms with Gasteiger partial charge in [0, 0.05) is 50.4 Å². The Morgan fingerprint density at radius 3 is 2.63 bits per heavy atom. The molecule has 0 atom stereocenters. The molecule has 2 N–H and O–H groups in total. The molecule has 0 aliphatic heterocycles. The quantitative estimate of drug-likeness (QED) is 0.346. The maximum absolute atomic E-state index is 5.89. The first kappa shape index (κ1) is 21.2. The van der Waals surface area contributed by atoms with Crippen LogP contribution in [0.4, 0.5) is 0 Å². The van der Waals surface area contributed by atoms with Gasteiger partial charge in [-0.05, 0) is 37.1 Å². The van der Waals surface area contributed by atoms with Gasteiger partial charge in [-0.25, -0.2) is 0 Å². The Bertz CT molecular complexity index is 688. The predicted octanol–water partition coefficient (Wildman–Crippen LogP) is 3.30. The molecule has 0 aliphatic carbocycles. The van der Waals surface area contributed by atoms with Crippen LogP contribution in [-0.4, -0.2) is 49.5 Å². The van der Waals surface area contributed by atoms with E-state index in [1.54, 1.807) is 19.2 Å². The van der Waals surface area contributed by atoms with Crippen LogP contribution < -0.4 is 10.6 Å². The van der Waals surface area contributed by atoms with Gasteiger partial charge in [0.2, 0.25) is 11.7 Å². The minimum Gasteiger partial charge on any atom is -0.381 e. The summed E-state index contributed by atoms with van der Waals surface area (Å²) in [6.07, 6.45) is 3.84. The molecule has 0 aliphatic rings. The Balaban J connectivity index is 1.65. The third-order valence-electron chi connectivity index (χ3n) is 3.83. The second kappa shape index (κ2) is 12.3. The summed E-state index contributed by atoms with van der Waals surface area (Å²) in [6.45, 7) is 5.22. The average molecular weight is 394 g/mol. The number of benzene rings is 1. The normalized spacial score (nSPS) is 11.6. The number of aliphatic imine (C=N–C) groups is 1. The van der Waals surface area contributed by atoms with Gasteiger partial charge in [-0.3, -0.25) is 4.99 Å². The molecule has 2 aromatic rings. The molecular weight excluding hydrogens is 366 g/mol. The number of nitrogens with zero attached hydrogens (tertiary/aromatic N) is 3. The van der Waals surface area contributed by atoms with Gasteiger partial charge in [0.15, 0.2) is 5.96 Å². The Hall–Kier alpha value is -2.12. The van der Waals surface area contributed by atoms with Gasteiger partial charge < -0.3 is 19.9 Å². The van der Waals surface area contributed by atoms with E-state index >= 15 is 0 Å². The van der Waals surface area contributed by atoms with E-state index in [-0.39, 0.29) is 0 Å². The molecular formula is C19H28ClN5O2. The third kappa shape index (κ3) is 7.97. The van der Waals surface area contributed by atoms with Crippen molar-refractivity contribution in [2.45, 2.75) is 32.6 Å². The van der Waals surface area contributed by atoms with Crippen molar-refractivity contribution >= 4 is 17.6 Å². The summed E-state index contributed by atoms with van der Waals surface area (Å²) >= 11 is 5.89. The van der Waals surface area contributed by atoms with Crippen LogP contribution in [0.1, 0.15) is 32.1 Å². The van der Waals surface area contributed by atoms with Crippen molar-refractivity contribution in [3.8, 4) is 11.4 Å². The minimum atomic E-state index is 0.562. The van der Waals surface area contributed by atoms with Gasteiger partial charge in [-0.2, -0.15) is 4.98 Å². The number of nitrogens with one attached hydrogen (secondary N) is 2. The average Bonchev–Trinajstić information content (AvgIpc) is 3.15. The molecule has 7 nitrogen and oxygen atoms in total. The van der Waals surface area contributed by atoms with Gasteiger partial charge >= 0.3 is 0 Å². The molecule has 1 aromatic heterocycles. The number of aromatic nitrogens is 2. The first-order valence-corrected chi connectivity index (χ1v) is 9.71. The zero-order valence-corrected chi connectivity index (χ0v) is 16.8. The van der Waals surface area contributed by atoms with Gasteiger partial charge in [-0.1, -0.05) is 30.1 Å². The summed E-state index contributed by atoms with van der Waals surface area (Å²) in [5.74, 6) is 1.89. The Kier molecular flexibility index (Phi) is 9.65. The number of guanidine groups is 1. The fourth-order valence-corrected chi connectivity index (χ4v) is 2.44. The standard InChI is InChI=1S/C19H28ClN5O2/c1-3-4-13-26-14-5-11-22-19(21-2)23-12-10-17-24-18(25-27-17)15-6-8-16(20)9-7-15/h6-9H,3-5,10-14H2,1-2H3,(H2,21,22,23). The zero-order valence-electron chi connectivity index (χ0n) is 16.0. The highest BCUT2D eigenvalue weighted by molar-refractivity contribution is 6.30. The van der Waals surface area contributed by atoms with Crippen LogP contribution >= 0.6 is 11.6 Å². The number of hydrogen-bond donors (Lipinski definition) is 2. The third-order valence-corrected chi connectivity index (χ3v) is 4.08. The van der Waals surface area contributed by atoms with Gasteiger partial charge in [0.05, 0.1) is 0 Å². The number of ether oxygens (including phenoxy) is 1. The molecule has 0 unspecified atom stereocenters. The van der Waals surface area contributed by atoms with Crippen LogP contribution in [-0.2, 0) is 11.2 Å². The Morgan fingerprint density at radius 2 is 1.89 bits per heavy atom. The number of hydrogen-bond acceptors (Lipinski definition) is 5. The van der Waals surface area contributed by atoms with Crippen molar-refractivity contribution in [3.63, 3.8) is 0 Å². The largest absolute Gasteiger partial charge is 0.381 e. The SMILES string of the molecule is CCCCOCCCNC(=NC)NCCc1nc(-c2ccc(Cl)cc2)no1. The molecule has 27 heavy (non-hydrogen) atoms. The smallest absolute Gasteiger partial charge is 0.228 e. The van der Waals surface area contributed by atoms with Crippen LogP contribution in [0.3, 0.4) is 0 Å². The second-order valence-electron chi connectivity index (χ2n) is 6.01. The maximum atomic E-state index is 5.89. The number of unbranched alkanes of at least 4 members (excludes halogenated alkanes) is 1. The summed E-state index contributed by atoms with van der Waals surface area (Å²) < 4.78 is 10.8. The second-order valence-corrected chi connectivity index (χ2v) is 6.45. The molecule has 0 saturated carbocycles. The van der Waals surface area contributed by atoms with E-state index in [1.807, 2.05) is 12.1 Å². The monoisotopic (exact) mass is 393 g/mol. The zero-order chi connectivity index (χ0) is 19.3. The molecule has 0 amide bonds. The van der Waals surface area contributed by atoms with Crippen LogP contribution in [0.15, 0.2) is 33.8 Å².